The van der Waals surface area contributed by atoms with E-state index < -0.39 is 10.0 Å². The molecule has 0 aliphatic carbocycles. The number of pyridine rings is 1. The molecule has 8 nitrogen and oxygen atoms in total. The fourth-order valence-corrected chi connectivity index (χ4v) is 6.27. The van der Waals surface area contributed by atoms with E-state index in [0.717, 1.165) is 30.4 Å². The van der Waals surface area contributed by atoms with Gasteiger partial charge in [0.05, 0.1) is 24.1 Å². The number of piperidine rings is 1. The number of nitrogens with zero attached hydrogens (tertiary/aromatic N) is 4. The molecule has 0 saturated carbocycles. The number of carbonyl (C=O) groups excluding carboxylic acids is 1. The number of piperazine rings is 1. The Morgan fingerprint density at radius 1 is 1.09 bits per heavy atom. The van der Waals surface area contributed by atoms with Crippen molar-refractivity contribution < 1.29 is 17.9 Å². The molecule has 0 radical (unpaired) electrons. The molecule has 2 aliphatic heterocycles. The number of aromatic nitrogens is 1. The zero-order chi connectivity index (χ0) is 23.4. The number of ether oxygens (including phenoxy) is 1. The minimum Gasteiger partial charge on any atom is -0.382 e. The van der Waals surface area contributed by atoms with Crippen molar-refractivity contribution >= 4 is 37.5 Å². The van der Waals surface area contributed by atoms with E-state index >= 15 is 0 Å². The molecule has 2 aromatic rings. The molecule has 33 heavy (non-hydrogen) atoms. The number of amides is 1. The van der Waals surface area contributed by atoms with Gasteiger partial charge in [0, 0.05) is 55.8 Å². The smallest absolute Gasteiger partial charge is 0.243 e. The summed E-state index contributed by atoms with van der Waals surface area (Å²) in [5.41, 5.74) is 1.17. The monoisotopic (exact) mass is 536 g/mol. The highest BCUT2D eigenvalue weighted by Crippen LogP contribution is 2.27. The molecule has 1 atom stereocenters. The number of carbonyl (C=O) groups is 1. The van der Waals surface area contributed by atoms with Gasteiger partial charge in [-0.3, -0.25) is 9.78 Å². The van der Waals surface area contributed by atoms with Gasteiger partial charge in [0.25, 0.3) is 0 Å². The fourth-order valence-electron chi connectivity index (χ4n) is 4.57. The first-order valence-corrected chi connectivity index (χ1v) is 13.3. The summed E-state index contributed by atoms with van der Waals surface area (Å²) in [6.07, 6.45) is 5.56. The summed E-state index contributed by atoms with van der Waals surface area (Å²) >= 11 is 3.33. The van der Waals surface area contributed by atoms with Crippen LogP contribution in [0.2, 0.25) is 0 Å². The van der Waals surface area contributed by atoms with E-state index in [-0.39, 0.29) is 29.9 Å². The van der Waals surface area contributed by atoms with E-state index in [4.69, 9.17) is 4.74 Å². The van der Waals surface area contributed by atoms with Crippen molar-refractivity contribution in [2.75, 3.05) is 51.3 Å². The van der Waals surface area contributed by atoms with Crippen molar-refractivity contribution in [2.45, 2.75) is 23.8 Å². The number of anilines is 1. The number of benzene rings is 1. The van der Waals surface area contributed by atoms with Gasteiger partial charge in [0.1, 0.15) is 0 Å². The molecule has 4 rings (SSSR count). The third-order valence-corrected chi connectivity index (χ3v) is 8.75. The summed E-state index contributed by atoms with van der Waals surface area (Å²) < 4.78 is 33.8. The lowest BCUT2D eigenvalue weighted by Gasteiger charge is -2.43. The highest BCUT2D eigenvalue weighted by Gasteiger charge is 2.39. The van der Waals surface area contributed by atoms with Crippen LogP contribution in [-0.4, -0.2) is 81.0 Å². The van der Waals surface area contributed by atoms with Crippen LogP contribution in [0.3, 0.4) is 0 Å². The van der Waals surface area contributed by atoms with Crippen molar-refractivity contribution in [3.8, 4) is 0 Å². The first-order valence-electron chi connectivity index (χ1n) is 11.1. The molecule has 2 fully saturated rings. The van der Waals surface area contributed by atoms with E-state index in [0.29, 0.717) is 19.1 Å². The zero-order valence-electron chi connectivity index (χ0n) is 18.6. The predicted octanol–water partition coefficient (Wildman–Crippen LogP) is 2.61. The maximum atomic E-state index is 13.2. The minimum atomic E-state index is -3.76. The molecule has 0 bridgehead atoms. The van der Waals surface area contributed by atoms with Crippen molar-refractivity contribution in [1.82, 2.24) is 14.2 Å². The van der Waals surface area contributed by atoms with Gasteiger partial charge in [-0.15, -0.1) is 0 Å². The van der Waals surface area contributed by atoms with E-state index in [9.17, 15) is 13.2 Å². The minimum absolute atomic E-state index is 0.144. The van der Waals surface area contributed by atoms with Gasteiger partial charge in [0.2, 0.25) is 15.9 Å². The van der Waals surface area contributed by atoms with Crippen molar-refractivity contribution in [2.24, 2.45) is 5.92 Å². The molecule has 1 aromatic heterocycles. The number of methoxy groups -OCH3 is 1. The van der Waals surface area contributed by atoms with Crippen LogP contribution in [-0.2, 0) is 19.6 Å². The SMILES string of the molecule is COC[C@@H]1CN(S(=O)(=O)c2ccc(Br)cc2)CC(=O)N1CC1CCN(c2ccncc2)CC1. The molecule has 1 aromatic carbocycles. The third-order valence-electron chi connectivity index (χ3n) is 6.39. The topological polar surface area (TPSA) is 83.0 Å². The van der Waals surface area contributed by atoms with Gasteiger partial charge < -0.3 is 14.5 Å². The first kappa shape index (κ1) is 24.1. The number of sulfonamides is 1. The van der Waals surface area contributed by atoms with E-state index in [1.807, 2.05) is 17.0 Å². The molecular formula is C23H29BrN4O4S. The molecule has 178 valence electrons. The zero-order valence-corrected chi connectivity index (χ0v) is 21.0. The summed E-state index contributed by atoms with van der Waals surface area (Å²) in [5.74, 6) is 0.210. The molecular weight excluding hydrogens is 508 g/mol. The van der Waals surface area contributed by atoms with Crippen LogP contribution in [0.15, 0.2) is 58.2 Å². The second-order valence-corrected chi connectivity index (χ2v) is 11.4. The molecule has 3 heterocycles. The van der Waals surface area contributed by atoms with E-state index in [1.165, 1.54) is 9.99 Å². The number of hydrogen-bond donors (Lipinski definition) is 0. The maximum absolute atomic E-state index is 13.2. The quantitative estimate of drug-likeness (QED) is 0.540. The summed E-state index contributed by atoms with van der Waals surface area (Å²) in [4.78, 5) is 21.6. The Balaban J connectivity index is 1.41. The van der Waals surface area contributed by atoms with Crippen molar-refractivity contribution in [3.63, 3.8) is 0 Å². The van der Waals surface area contributed by atoms with Crippen molar-refractivity contribution in [1.29, 1.82) is 0 Å². The Hall–Kier alpha value is -2.01. The van der Waals surface area contributed by atoms with Crippen LogP contribution in [0.25, 0.3) is 0 Å². The summed E-state index contributed by atoms with van der Waals surface area (Å²) in [7, 11) is -2.18. The Morgan fingerprint density at radius 2 is 1.76 bits per heavy atom. The lowest BCUT2D eigenvalue weighted by molar-refractivity contribution is -0.140. The Kier molecular flexibility index (Phi) is 7.68. The molecule has 0 spiro atoms. The number of hydrogen-bond acceptors (Lipinski definition) is 6. The highest BCUT2D eigenvalue weighted by atomic mass is 79.9. The largest absolute Gasteiger partial charge is 0.382 e. The van der Waals surface area contributed by atoms with Gasteiger partial charge in [-0.25, -0.2) is 8.42 Å². The van der Waals surface area contributed by atoms with Crippen LogP contribution >= 0.6 is 15.9 Å². The van der Waals surface area contributed by atoms with E-state index in [1.54, 1.807) is 43.8 Å². The van der Waals surface area contributed by atoms with Crippen LogP contribution in [0.1, 0.15) is 12.8 Å². The van der Waals surface area contributed by atoms with Gasteiger partial charge in [-0.05, 0) is 55.2 Å². The Morgan fingerprint density at radius 3 is 2.39 bits per heavy atom. The molecule has 0 N–H and O–H groups in total. The normalized spacial score (nSPS) is 20.9. The lowest BCUT2D eigenvalue weighted by Crippen LogP contribution is -2.60. The summed E-state index contributed by atoms with van der Waals surface area (Å²) in [6, 6.07) is 10.2. The average molecular weight is 537 g/mol. The lowest BCUT2D eigenvalue weighted by atomic mass is 9.95. The Labute approximate surface area is 203 Å². The van der Waals surface area contributed by atoms with Crippen LogP contribution in [0.4, 0.5) is 5.69 Å². The maximum Gasteiger partial charge on any atom is 0.243 e. The second kappa shape index (κ2) is 10.5. The molecule has 2 aliphatic rings. The third kappa shape index (κ3) is 5.56. The van der Waals surface area contributed by atoms with Gasteiger partial charge in [0.15, 0.2) is 0 Å². The number of halogens is 1. The van der Waals surface area contributed by atoms with Crippen LogP contribution in [0.5, 0.6) is 0 Å². The first-order chi connectivity index (χ1) is 15.9. The van der Waals surface area contributed by atoms with E-state index in [2.05, 4.69) is 25.8 Å². The molecule has 1 amide bonds. The summed E-state index contributed by atoms with van der Waals surface area (Å²) in [6.45, 7) is 2.87. The summed E-state index contributed by atoms with van der Waals surface area (Å²) in [5, 5.41) is 0. The second-order valence-electron chi connectivity index (χ2n) is 8.54. The van der Waals surface area contributed by atoms with Crippen LogP contribution < -0.4 is 4.90 Å². The van der Waals surface area contributed by atoms with Gasteiger partial charge >= 0.3 is 0 Å². The predicted molar refractivity (Wildman–Crippen MR) is 129 cm³/mol. The van der Waals surface area contributed by atoms with Gasteiger partial charge in [-0.1, -0.05) is 15.9 Å². The molecule has 0 unspecified atom stereocenters. The Bertz CT molecular complexity index is 1040. The standard InChI is InChI=1S/C23H29BrN4O4S/c1-32-17-21-15-27(33(30,31)22-4-2-19(24)3-5-22)16-23(29)28(21)14-18-8-12-26(13-9-18)20-6-10-25-11-7-20/h2-7,10-11,18,21H,8-9,12-17H2,1H3/t21-/m0/s1. The molecule has 2 saturated heterocycles. The van der Waals surface area contributed by atoms with Gasteiger partial charge in [-0.2, -0.15) is 4.31 Å². The average Bonchev–Trinajstić information content (AvgIpc) is 2.82. The highest BCUT2D eigenvalue weighted by molar-refractivity contribution is 9.10. The fraction of sp³-hybridized carbons (Fsp3) is 0.478. The van der Waals surface area contributed by atoms with Crippen molar-refractivity contribution in [3.05, 3.63) is 53.3 Å². The van der Waals surface area contributed by atoms with Crippen LogP contribution in [0, 0.1) is 5.92 Å². The molecule has 10 heteroatoms. The number of rotatable bonds is 7.